The van der Waals surface area contributed by atoms with E-state index in [9.17, 15) is 0 Å². The molecule has 1 aromatic rings. The van der Waals surface area contributed by atoms with E-state index < -0.39 is 0 Å². The Kier molecular flexibility index (Phi) is 2.74. The van der Waals surface area contributed by atoms with Crippen LogP contribution in [0.2, 0.25) is 0 Å². The average molecular weight is 229 g/mol. The summed E-state index contributed by atoms with van der Waals surface area (Å²) in [7, 11) is 0. The highest BCUT2D eigenvalue weighted by Gasteiger charge is 2.49. The van der Waals surface area contributed by atoms with E-state index in [-0.39, 0.29) is 0 Å². The van der Waals surface area contributed by atoms with Crippen LogP contribution in [0.3, 0.4) is 0 Å². The van der Waals surface area contributed by atoms with E-state index in [1.807, 2.05) is 0 Å². The number of benzene rings is 1. The van der Waals surface area contributed by atoms with Crippen molar-refractivity contribution in [3.63, 3.8) is 0 Å². The average Bonchev–Trinajstić information content (AvgIpc) is 3.05. The zero-order valence-corrected chi connectivity index (χ0v) is 10.7. The lowest BCUT2D eigenvalue weighted by Crippen LogP contribution is -2.39. The van der Waals surface area contributed by atoms with Gasteiger partial charge in [0.2, 0.25) is 0 Å². The first kappa shape index (κ1) is 11.3. The highest BCUT2D eigenvalue weighted by Crippen LogP contribution is 2.55. The van der Waals surface area contributed by atoms with Gasteiger partial charge in [-0.15, -0.1) is 0 Å². The molecule has 1 aromatic carbocycles. The lowest BCUT2D eigenvalue weighted by Gasteiger charge is -2.31. The summed E-state index contributed by atoms with van der Waals surface area (Å²) in [6.45, 7) is 2.41. The SMILES string of the molecule is CC1(C(N)C2CC2c2ccccc2)CCCC1. The van der Waals surface area contributed by atoms with Gasteiger partial charge in [-0.2, -0.15) is 0 Å². The molecule has 2 aliphatic carbocycles. The highest BCUT2D eigenvalue weighted by molar-refractivity contribution is 5.27. The fourth-order valence-electron chi connectivity index (χ4n) is 3.73. The molecule has 3 atom stereocenters. The van der Waals surface area contributed by atoms with Crippen LogP contribution in [-0.2, 0) is 0 Å². The molecule has 0 heterocycles. The molecule has 3 unspecified atom stereocenters. The summed E-state index contributed by atoms with van der Waals surface area (Å²) in [5.74, 6) is 1.48. The molecule has 2 N–H and O–H groups in total. The van der Waals surface area contributed by atoms with E-state index in [0.29, 0.717) is 11.5 Å². The van der Waals surface area contributed by atoms with Gasteiger partial charge >= 0.3 is 0 Å². The minimum atomic E-state index is 0.412. The zero-order valence-electron chi connectivity index (χ0n) is 10.7. The van der Waals surface area contributed by atoms with Gasteiger partial charge in [-0.25, -0.2) is 0 Å². The van der Waals surface area contributed by atoms with Crippen molar-refractivity contribution in [3.05, 3.63) is 35.9 Å². The summed E-state index contributed by atoms with van der Waals surface area (Å²) in [5, 5.41) is 0. The van der Waals surface area contributed by atoms with Crippen LogP contribution in [0.4, 0.5) is 0 Å². The summed E-state index contributed by atoms with van der Waals surface area (Å²) in [4.78, 5) is 0. The van der Waals surface area contributed by atoms with Crippen LogP contribution in [0, 0.1) is 11.3 Å². The Balaban J connectivity index is 1.68. The van der Waals surface area contributed by atoms with Crippen molar-refractivity contribution < 1.29 is 0 Å². The smallest absolute Gasteiger partial charge is 0.0127 e. The molecule has 92 valence electrons. The number of hydrogen-bond acceptors (Lipinski definition) is 1. The minimum Gasteiger partial charge on any atom is -0.327 e. The lowest BCUT2D eigenvalue weighted by atomic mass is 9.78. The molecule has 0 spiro atoms. The van der Waals surface area contributed by atoms with Crippen LogP contribution in [0.5, 0.6) is 0 Å². The van der Waals surface area contributed by atoms with Gasteiger partial charge in [-0.3, -0.25) is 0 Å². The molecule has 2 saturated carbocycles. The topological polar surface area (TPSA) is 26.0 Å². The van der Waals surface area contributed by atoms with Crippen molar-refractivity contribution in [2.75, 3.05) is 0 Å². The maximum absolute atomic E-state index is 6.55. The van der Waals surface area contributed by atoms with Gasteiger partial charge in [0, 0.05) is 6.04 Å². The number of rotatable bonds is 3. The second-order valence-corrected chi connectivity index (χ2v) is 6.30. The van der Waals surface area contributed by atoms with Gasteiger partial charge in [0.05, 0.1) is 0 Å². The first-order chi connectivity index (χ1) is 8.21. The van der Waals surface area contributed by atoms with Crippen molar-refractivity contribution in [3.8, 4) is 0 Å². The fraction of sp³-hybridized carbons (Fsp3) is 0.625. The fourth-order valence-corrected chi connectivity index (χ4v) is 3.73. The largest absolute Gasteiger partial charge is 0.327 e. The minimum absolute atomic E-state index is 0.412. The van der Waals surface area contributed by atoms with Gasteiger partial charge in [0.15, 0.2) is 0 Å². The van der Waals surface area contributed by atoms with Gasteiger partial charge in [0.1, 0.15) is 0 Å². The third kappa shape index (κ3) is 2.01. The van der Waals surface area contributed by atoms with Crippen LogP contribution in [0.15, 0.2) is 30.3 Å². The Morgan fingerprint density at radius 2 is 1.82 bits per heavy atom. The Hall–Kier alpha value is -0.820. The van der Waals surface area contributed by atoms with Gasteiger partial charge in [0.25, 0.3) is 0 Å². The first-order valence-electron chi connectivity index (χ1n) is 7.01. The molecule has 3 rings (SSSR count). The summed E-state index contributed by atoms with van der Waals surface area (Å²) in [5.41, 5.74) is 8.47. The first-order valence-corrected chi connectivity index (χ1v) is 7.01. The summed E-state index contributed by atoms with van der Waals surface area (Å²) in [6.07, 6.45) is 6.75. The zero-order chi connectivity index (χ0) is 11.9. The molecule has 17 heavy (non-hydrogen) atoms. The number of nitrogens with two attached hydrogens (primary N) is 1. The molecule has 1 heteroatoms. The van der Waals surface area contributed by atoms with Crippen LogP contribution in [0.1, 0.15) is 50.5 Å². The third-order valence-corrected chi connectivity index (χ3v) is 5.08. The van der Waals surface area contributed by atoms with E-state index in [1.54, 1.807) is 0 Å². The maximum Gasteiger partial charge on any atom is 0.0127 e. The van der Waals surface area contributed by atoms with Gasteiger partial charge in [-0.05, 0) is 42.1 Å². The van der Waals surface area contributed by atoms with Crippen molar-refractivity contribution >= 4 is 0 Å². The summed E-state index contributed by atoms with van der Waals surface area (Å²) >= 11 is 0. The van der Waals surface area contributed by atoms with Crippen LogP contribution in [0.25, 0.3) is 0 Å². The number of hydrogen-bond donors (Lipinski definition) is 1. The molecule has 1 nitrogen and oxygen atoms in total. The summed E-state index contributed by atoms with van der Waals surface area (Å²) < 4.78 is 0. The molecule has 2 fully saturated rings. The normalized spacial score (nSPS) is 32.4. The summed E-state index contributed by atoms with van der Waals surface area (Å²) in [6, 6.07) is 11.3. The highest BCUT2D eigenvalue weighted by atomic mass is 14.8. The van der Waals surface area contributed by atoms with E-state index in [1.165, 1.54) is 37.7 Å². The molecule has 0 amide bonds. The van der Waals surface area contributed by atoms with Crippen molar-refractivity contribution in [1.29, 1.82) is 0 Å². The molecule has 0 bridgehead atoms. The second kappa shape index (κ2) is 4.13. The second-order valence-electron chi connectivity index (χ2n) is 6.30. The Labute approximate surface area is 104 Å². The van der Waals surface area contributed by atoms with E-state index >= 15 is 0 Å². The third-order valence-electron chi connectivity index (χ3n) is 5.08. The Morgan fingerprint density at radius 3 is 2.47 bits per heavy atom. The molecule has 2 aliphatic rings. The van der Waals surface area contributed by atoms with Gasteiger partial charge in [-0.1, -0.05) is 50.1 Å². The van der Waals surface area contributed by atoms with Gasteiger partial charge < -0.3 is 5.73 Å². The quantitative estimate of drug-likeness (QED) is 0.840. The monoisotopic (exact) mass is 229 g/mol. The lowest BCUT2D eigenvalue weighted by molar-refractivity contribution is 0.237. The Morgan fingerprint density at radius 1 is 1.18 bits per heavy atom. The molecular weight excluding hydrogens is 206 g/mol. The molecule has 0 saturated heterocycles. The van der Waals surface area contributed by atoms with Crippen molar-refractivity contribution in [2.45, 2.75) is 51.0 Å². The molecule has 0 aliphatic heterocycles. The predicted octanol–water partition coefficient (Wildman–Crippen LogP) is 3.70. The maximum atomic E-state index is 6.55. The van der Waals surface area contributed by atoms with Crippen molar-refractivity contribution in [2.24, 2.45) is 17.1 Å². The van der Waals surface area contributed by atoms with E-state index in [0.717, 1.165) is 11.8 Å². The molecular formula is C16H23N. The van der Waals surface area contributed by atoms with Crippen LogP contribution in [-0.4, -0.2) is 6.04 Å². The van der Waals surface area contributed by atoms with E-state index in [4.69, 9.17) is 5.73 Å². The van der Waals surface area contributed by atoms with Crippen molar-refractivity contribution in [1.82, 2.24) is 0 Å². The predicted molar refractivity (Wildman–Crippen MR) is 71.8 cm³/mol. The standard InChI is InChI=1S/C16H23N/c1-16(9-5-6-10-16)15(17)14-11-13(14)12-7-3-2-4-8-12/h2-4,7-8,13-15H,5-6,9-11,17H2,1H3. The van der Waals surface area contributed by atoms with Crippen LogP contribution < -0.4 is 5.73 Å². The van der Waals surface area contributed by atoms with E-state index in [2.05, 4.69) is 37.3 Å². The van der Waals surface area contributed by atoms with Crippen LogP contribution >= 0.6 is 0 Å². The Bertz CT molecular complexity index is 378. The molecule has 0 radical (unpaired) electrons. The molecule has 0 aromatic heterocycles.